The third kappa shape index (κ3) is 4.05. The zero-order chi connectivity index (χ0) is 17.3. The summed E-state index contributed by atoms with van der Waals surface area (Å²) in [6, 6.07) is 5.31. The quantitative estimate of drug-likeness (QED) is 0.528. The van der Waals surface area contributed by atoms with Gasteiger partial charge < -0.3 is 15.2 Å². The van der Waals surface area contributed by atoms with Crippen LogP contribution in [-0.4, -0.2) is 31.8 Å². The van der Waals surface area contributed by atoms with Crippen molar-refractivity contribution in [2.24, 2.45) is 0 Å². The molecule has 25 heavy (non-hydrogen) atoms. The number of anilines is 1. The van der Waals surface area contributed by atoms with Gasteiger partial charge >= 0.3 is 51.4 Å². The Hall–Kier alpha value is -1.83. The minimum atomic E-state index is -1.31. The standard InChI is InChI=1S/C16H14N6O2.K/c1-9(2)21-13-4-14(18-8-12(13)16(23)24)22-15-11(7-20-22)3-10(5-17)6-19-15;/h3-4,6-9H,1-2H3,(H,18,21)(H,23,24);/q;+1/p-1. The number of pyridine rings is 2. The average Bonchev–Trinajstić information content (AvgIpc) is 2.96. The summed E-state index contributed by atoms with van der Waals surface area (Å²) in [6.07, 6.45) is 4.25. The Morgan fingerprint density at radius 2 is 2.04 bits per heavy atom. The number of carboxylic acid groups (broad SMARTS) is 1. The number of aromatic carboxylic acids is 1. The number of fused-ring (bicyclic) bond motifs is 1. The predicted octanol–water partition coefficient (Wildman–Crippen LogP) is -2.13. The molecule has 3 aromatic rings. The van der Waals surface area contributed by atoms with Crippen LogP contribution in [0.5, 0.6) is 0 Å². The molecule has 0 unspecified atom stereocenters. The van der Waals surface area contributed by atoms with E-state index in [1.165, 1.54) is 17.1 Å². The van der Waals surface area contributed by atoms with Crippen LogP contribution in [0.15, 0.2) is 30.7 Å². The van der Waals surface area contributed by atoms with E-state index in [1.54, 1.807) is 18.3 Å². The van der Waals surface area contributed by atoms with E-state index in [9.17, 15) is 9.90 Å². The molecule has 0 spiro atoms. The van der Waals surface area contributed by atoms with Crippen molar-refractivity contribution in [3.63, 3.8) is 0 Å². The molecular weight excluding hydrogens is 347 g/mol. The molecule has 0 aromatic carbocycles. The average molecular weight is 360 g/mol. The Labute approximate surface area is 186 Å². The van der Waals surface area contributed by atoms with Crippen molar-refractivity contribution < 1.29 is 61.3 Å². The second kappa shape index (κ2) is 8.03. The van der Waals surface area contributed by atoms with Crippen LogP contribution in [0.2, 0.25) is 0 Å². The van der Waals surface area contributed by atoms with Gasteiger partial charge in [-0.3, -0.25) is 0 Å². The first-order valence-electron chi connectivity index (χ1n) is 7.21. The number of hydrogen-bond donors (Lipinski definition) is 1. The number of carbonyl (C=O) groups excluding carboxylic acids is 1. The van der Waals surface area contributed by atoms with Gasteiger partial charge in [-0.25, -0.2) is 9.97 Å². The largest absolute Gasteiger partial charge is 1.00 e. The smallest absolute Gasteiger partial charge is 0.545 e. The summed E-state index contributed by atoms with van der Waals surface area (Å²) in [5.41, 5.74) is 1.33. The van der Waals surface area contributed by atoms with Crippen molar-refractivity contribution in [3.05, 3.63) is 41.9 Å². The first-order chi connectivity index (χ1) is 11.5. The summed E-state index contributed by atoms with van der Waals surface area (Å²) in [5, 5.41) is 28.1. The van der Waals surface area contributed by atoms with E-state index in [0.717, 1.165) is 0 Å². The van der Waals surface area contributed by atoms with Gasteiger partial charge in [0.25, 0.3) is 0 Å². The van der Waals surface area contributed by atoms with Crippen molar-refractivity contribution in [2.45, 2.75) is 19.9 Å². The molecule has 0 amide bonds. The summed E-state index contributed by atoms with van der Waals surface area (Å²) in [4.78, 5) is 19.6. The summed E-state index contributed by atoms with van der Waals surface area (Å²) in [6.45, 7) is 3.79. The minimum Gasteiger partial charge on any atom is -0.545 e. The van der Waals surface area contributed by atoms with E-state index in [0.29, 0.717) is 28.1 Å². The number of hydrogen-bond acceptors (Lipinski definition) is 7. The van der Waals surface area contributed by atoms with Crippen LogP contribution in [0.25, 0.3) is 16.9 Å². The monoisotopic (exact) mass is 360 g/mol. The molecule has 0 radical (unpaired) electrons. The zero-order valence-corrected chi connectivity index (χ0v) is 17.1. The molecule has 0 atom stereocenters. The number of aromatic nitrogens is 4. The Bertz CT molecular complexity index is 976. The summed E-state index contributed by atoms with van der Waals surface area (Å²) < 4.78 is 1.49. The van der Waals surface area contributed by atoms with E-state index in [4.69, 9.17) is 5.26 Å². The van der Waals surface area contributed by atoms with Crippen LogP contribution in [0.1, 0.15) is 29.8 Å². The van der Waals surface area contributed by atoms with Crippen molar-refractivity contribution in [2.75, 3.05) is 5.32 Å². The Morgan fingerprint density at radius 1 is 1.28 bits per heavy atom. The molecule has 0 aliphatic rings. The first-order valence-corrected chi connectivity index (χ1v) is 7.21. The van der Waals surface area contributed by atoms with E-state index in [-0.39, 0.29) is 63.0 Å². The molecule has 120 valence electrons. The SMILES string of the molecule is CC(C)Nc1cc(-n2ncc3cc(C#N)cnc32)ncc1C(=O)[O-].[K+]. The molecule has 9 heteroatoms. The Morgan fingerprint density at radius 3 is 2.68 bits per heavy atom. The number of rotatable bonds is 4. The topological polar surface area (TPSA) is 120 Å². The van der Waals surface area contributed by atoms with Gasteiger partial charge in [0, 0.05) is 41.1 Å². The van der Waals surface area contributed by atoms with Gasteiger partial charge in [0.15, 0.2) is 11.5 Å². The number of nitrogens with zero attached hydrogens (tertiary/aromatic N) is 5. The van der Waals surface area contributed by atoms with Crippen molar-refractivity contribution >= 4 is 22.7 Å². The van der Waals surface area contributed by atoms with Gasteiger partial charge in [-0.1, -0.05) is 0 Å². The zero-order valence-electron chi connectivity index (χ0n) is 14.0. The molecule has 0 fully saturated rings. The molecule has 8 nitrogen and oxygen atoms in total. The van der Waals surface area contributed by atoms with Gasteiger partial charge in [-0.05, 0) is 19.9 Å². The van der Waals surface area contributed by atoms with Gasteiger partial charge in [-0.15, -0.1) is 0 Å². The van der Waals surface area contributed by atoms with E-state index < -0.39 is 5.97 Å². The van der Waals surface area contributed by atoms with Crippen molar-refractivity contribution in [1.29, 1.82) is 5.26 Å². The van der Waals surface area contributed by atoms with Crippen molar-refractivity contribution in [1.82, 2.24) is 19.7 Å². The maximum atomic E-state index is 11.2. The molecular formula is C16H13KN6O2. The number of nitriles is 1. The number of nitrogens with one attached hydrogen (secondary N) is 1. The van der Waals surface area contributed by atoms with Gasteiger partial charge in [0.05, 0.1) is 17.7 Å². The third-order valence-electron chi connectivity index (χ3n) is 3.31. The predicted molar refractivity (Wildman–Crippen MR) is 84.5 cm³/mol. The normalized spacial score (nSPS) is 10.3. The number of carbonyl (C=O) groups is 1. The fourth-order valence-corrected chi connectivity index (χ4v) is 2.30. The molecule has 0 bridgehead atoms. The molecule has 0 aliphatic heterocycles. The fraction of sp³-hybridized carbons (Fsp3) is 0.188. The second-order valence-corrected chi connectivity index (χ2v) is 5.48. The van der Waals surface area contributed by atoms with Crippen LogP contribution >= 0.6 is 0 Å². The Balaban J connectivity index is 0.00000225. The Kier molecular flexibility index (Phi) is 6.26. The molecule has 0 saturated carbocycles. The van der Waals surface area contributed by atoms with Crippen LogP contribution in [-0.2, 0) is 0 Å². The molecule has 3 rings (SSSR count). The molecule has 3 aromatic heterocycles. The van der Waals surface area contributed by atoms with Crippen LogP contribution in [0.3, 0.4) is 0 Å². The van der Waals surface area contributed by atoms with Gasteiger partial charge in [0.1, 0.15) is 6.07 Å². The van der Waals surface area contributed by atoms with Crippen molar-refractivity contribution in [3.8, 4) is 11.9 Å². The van der Waals surface area contributed by atoms with E-state index in [1.807, 2.05) is 19.9 Å². The summed E-state index contributed by atoms with van der Waals surface area (Å²) in [5.74, 6) is -0.894. The first kappa shape index (κ1) is 19.5. The molecule has 1 N–H and O–H groups in total. The number of carboxylic acids is 1. The molecule has 0 saturated heterocycles. The third-order valence-corrected chi connectivity index (χ3v) is 3.31. The maximum Gasteiger partial charge on any atom is 1.00 e. The summed E-state index contributed by atoms with van der Waals surface area (Å²) >= 11 is 0. The van der Waals surface area contributed by atoms with Crippen LogP contribution < -0.4 is 61.8 Å². The van der Waals surface area contributed by atoms with Gasteiger partial charge in [-0.2, -0.15) is 15.0 Å². The molecule has 0 aliphatic carbocycles. The minimum absolute atomic E-state index is 0. The van der Waals surface area contributed by atoms with Gasteiger partial charge in [0.2, 0.25) is 0 Å². The van der Waals surface area contributed by atoms with E-state index in [2.05, 4.69) is 20.4 Å². The van der Waals surface area contributed by atoms with Crippen LogP contribution in [0, 0.1) is 11.3 Å². The second-order valence-electron chi connectivity index (χ2n) is 5.48. The molecule has 3 heterocycles. The fourth-order valence-electron chi connectivity index (χ4n) is 2.30. The van der Waals surface area contributed by atoms with E-state index >= 15 is 0 Å². The summed E-state index contributed by atoms with van der Waals surface area (Å²) in [7, 11) is 0. The maximum absolute atomic E-state index is 11.2. The van der Waals surface area contributed by atoms with Crippen LogP contribution in [0.4, 0.5) is 5.69 Å².